The van der Waals surface area contributed by atoms with Crippen LogP contribution in [0.4, 0.5) is 18.9 Å². The lowest BCUT2D eigenvalue weighted by Gasteiger charge is -2.13. The summed E-state index contributed by atoms with van der Waals surface area (Å²) in [7, 11) is 0. The number of alkyl halides is 3. The SMILES string of the molecule is CC(=O)Nc1cc(C)ccc1OC(F)(F)F. The van der Waals surface area contributed by atoms with Gasteiger partial charge in [-0.15, -0.1) is 13.2 Å². The lowest BCUT2D eigenvalue weighted by Crippen LogP contribution is -2.19. The predicted octanol–water partition coefficient (Wildman–Crippen LogP) is 2.85. The van der Waals surface area contributed by atoms with Gasteiger partial charge in [-0.05, 0) is 24.6 Å². The first-order chi connectivity index (χ1) is 7.28. The zero-order valence-corrected chi connectivity index (χ0v) is 8.68. The molecule has 0 aliphatic rings. The number of rotatable bonds is 2. The van der Waals surface area contributed by atoms with Crippen molar-refractivity contribution in [2.75, 3.05) is 5.32 Å². The Labute approximate surface area is 90.2 Å². The van der Waals surface area contributed by atoms with E-state index >= 15 is 0 Å². The van der Waals surface area contributed by atoms with Gasteiger partial charge in [0.1, 0.15) is 0 Å². The maximum Gasteiger partial charge on any atom is 0.573 e. The first-order valence-corrected chi connectivity index (χ1v) is 4.42. The van der Waals surface area contributed by atoms with Crippen molar-refractivity contribution in [1.82, 2.24) is 0 Å². The number of nitrogens with one attached hydrogen (secondary N) is 1. The van der Waals surface area contributed by atoms with E-state index in [1.54, 1.807) is 6.92 Å². The predicted molar refractivity (Wildman–Crippen MR) is 52.2 cm³/mol. The summed E-state index contributed by atoms with van der Waals surface area (Å²) in [6, 6.07) is 4.03. The molecule has 0 saturated carbocycles. The average Bonchev–Trinajstić information content (AvgIpc) is 2.06. The molecule has 1 aromatic rings. The Morgan fingerprint density at radius 1 is 1.38 bits per heavy atom. The number of ether oxygens (including phenoxy) is 1. The van der Waals surface area contributed by atoms with Crippen molar-refractivity contribution in [2.45, 2.75) is 20.2 Å². The van der Waals surface area contributed by atoms with Crippen LogP contribution in [0.25, 0.3) is 0 Å². The molecule has 88 valence electrons. The van der Waals surface area contributed by atoms with E-state index in [-0.39, 0.29) is 5.69 Å². The van der Waals surface area contributed by atoms with Crippen molar-refractivity contribution in [3.05, 3.63) is 23.8 Å². The first-order valence-electron chi connectivity index (χ1n) is 4.42. The van der Waals surface area contributed by atoms with Gasteiger partial charge in [-0.2, -0.15) is 0 Å². The van der Waals surface area contributed by atoms with Crippen molar-refractivity contribution in [3.8, 4) is 5.75 Å². The number of amides is 1. The van der Waals surface area contributed by atoms with Crippen LogP contribution in [-0.2, 0) is 4.79 Å². The smallest absolute Gasteiger partial charge is 0.404 e. The summed E-state index contributed by atoms with van der Waals surface area (Å²) in [6.45, 7) is 2.91. The fourth-order valence-corrected chi connectivity index (χ4v) is 1.14. The van der Waals surface area contributed by atoms with E-state index in [2.05, 4.69) is 10.1 Å². The Balaban J connectivity index is 3.02. The van der Waals surface area contributed by atoms with E-state index in [1.807, 2.05) is 0 Å². The summed E-state index contributed by atoms with van der Waals surface area (Å²) in [5, 5.41) is 2.27. The fraction of sp³-hybridized carbons (Fsp3) is 0.300. The van der Waals surface area contributed by atoms with Crippen molar-refractivity contribution in [1.29, 1.82) is 0 Å². The van der Waals surface area contributed by atoms with Crippen molar-refractivity contribution in [3.63, 3.8) is 0 Å². The summed E-state index contributed by atoms with van der Waals surface area (Å²) in [4.78, 5) is 10.8. The highest BCUT2D eigenvalue weighted by molar-refractivity contribution is 5.90. The highest BCUT2D eigenvalue weighted by Crippen LogP contribution is 2.30. The second-order valence-corrected chi connectivity index (χ2v) is 3.23. The number of carbonyl (C=O) groups excluding carboxylic acids is 1. The van der Waals surface area contributed by atoms with E-state index in [9.17, 15) is 18.0 Å². The molecule has 0 unspecified atom stereocenters. The van der Waals surface area contributed by atoms with Crippen LogP contribution in [0.2, 0.25) is 0 Å². The summed E-state index contributed by atoms with van der Waals surface area (Å²) in [6.07, 6.45) is -4.78. The van der Waals surface area contributed by atoms with Crippen LogP contribution < -0.4 is 10.1 Å². The third kappa shape index (κ3) is 3.80. The van der Waals surface area contributed by atoms with E-state index in [1.165, 1.54) is 19.1 Å². The van der Waals surface area contributed by atoms with Gasteiger partial charge in [0.05, 0.1) is 5.69 Å². The molecule has 1 rings (SSSR count). The Kier molecular flexibility index (Phi) is 3.41. The van der Waals surface area contributed by atoms with Crippen LogP contribution >= 0.6 is 0 Å². The Hall–Kier alpha value is -1.72. The molecule has 0 spiro atoms. The second kappa shape index (κ2) is 4.42. The van der Waals surface area contributed by atoms with E-state index in [0.29, 0.717) is 0 Å². The summed E-state index contributed by atoms with van der Waals surface area (Å²) in [5.41, 5.74) is 0.725. The van der Waals surface area contributed by atoms with Crippen LogP contribution in [0, 0.1) is 6.92 Å². The minimum atomic E-state index is -4.78. The van der Waals surface area contributed by atoms with Gasteiger partial charge in [-0.3, -0.25) is 4.79 Å². The topological polar surface area (TPSA) is 38.3 Å². The lowest BCUT2D eigenvalue weighted by molar-refractivity contribution is -0.274. The Morgan fingerprint density at radius 2 is 2.00 bits per heavy atom. The molecule has 6 heteroatoms. The van der Waals surface area contributed by atoms with Crippen molar-refractivity contribution < 1.29 is 22.7 Å². The maximum atomic E-state index is 12.0. The van der Waals surface area contributed by atoms with E-state index < -0.39 is 18.0 Å². The standard InChI is InChI=1S/C10H10F3NO2/c1-6-3-4-9(16-10(11,12)13)8(5-6)14-7(2)15/h3-5H,1-2H3,(H,14,15). The van der Waals surface area contributed by atoms with Crippen LogP contribution in [0.5, 0.6) is 5.75 Å². The molecular weight excluding hydrogens is 223 g/mol. The van der Waals surface area contributed by atoms with Crippen LogP contribution in [0.3, 0.4) is 0 Å². The lowest BCUT2D eigenvalue weighted by atomic mass is 10.2. The molecule has 1 amide bonds. The number of aryl methyl sites for hydroxylation is 1. The van der Waals surface area contributed by atoms with Gasteiger partial charge in [0.25, 0.3) is 0 Å². The van der Waals surface area contributed by atoms with Crippen LogP contribution in [0.1, 0.15) is 12.5 Å². The van der Waals surface area contributed by atoms with Gasteiger partial charge < -0.3 is 10.1 Å². The second-order valence-electron chi connectivity index (χ2n) is 3.23. The third-order valence-electron chi connectivity index (χ3n) is 1.67. The molecule has 0 heterocycles. The Morgan fingerprint density at radius 3 is 2.50 bits per heavy atom. The van der Waals surface area contributed by atoms with Gasteiger partial charge in [-0.1, -0.05) is 6.07 Å². The molecule has 0 atom stereocenters. The van der Waals surface area contributed by atoms with E-state index in [0.717, 1.165) is 11.6 Å². The maximum absolute atomic E-state index is 12.0. The molecule has 0 saturated heterocycles. The number of anilines is 1. The summed E-state index contributed by atoms with van der Waals surface area (Å²) >= 11 is 0. The molecule has 16 heavy (non-hydrogen) atoms. The largest absolute Gasteiger partial charge is 0.573 e. The van der Waals surface area contributed by atoms with Gasteiger partial charge in [-0.25, -0.2) is 0 Å². The molecule has 0 bridgehead atoms. The van der Waals surface area contributed by atoms with Crippen LogP contribution in [0.15, 0.2) is 18.2 Å². The molecule has 0 radical (unpaired) electrons. The molecule has 0 aliphatic heterocycles. The fourth-order valence-electron chi connectivity index (χ4n) is 1.14. The Bertz CT molecular complexity index is 402. The molecule has 1 N–H and O–H groups in total. The molecule has 0 aliphatic carbocycles. The zero-order chi connectivity index (χ0) is 12.3. The molecule has 1 aromatic carbocycles. The average molecular weight is 233 g/mol. The highest BCUT2D eigenvalue weighted by atomic mass is 19.4. The van der Waals surface area contributed by atoms with Gasteiger partial charge in [0.2, 0.25) is 5.91 Å². The number of halogens is 3. The molecule has 0 fully saturated rings. The number of carbonyl (C=O) groups is 1. The van der Waals surface area contributed by atoms with Crippen molar-refractivity contribution >= 4 is 11.6 Å². The minimum absolute atomic E-state index is 0.00447. The first kappa shape index (κ1) is 12.4. The van der Waals surface area contributed by atoms with Gasteiger partial charge >= 0.3 is 6.36 Å². The van der Waals surface area contributed by atoms with Gasteiger partial charge in [0.15, 0.2) is 5.75 Å². The quantitative estimate of drug-likeness (QED) is 0.852. The number of benzene rings is 1. The normalized spacial score (nSPS) is 11.1. The molecular formula is C10H10F3NO2. The monoisotopic (exact) mass is 233 g/mol. The third-order valence-corrected chi connectivity index (χ3v) is 1.67. The zero-order valence-electron chi connectivity index (χ0n) is 8.68. The molecule has 3 nitrogen and oxygen atoms in total. The van der Waals surface area contributed by atoms with Gasteiger partial charge in [0, 0.05) is 6.92 Å². The highest BCUT2D eigenvalue weighted by Gasteiger charge is 2.32. The summed E-state index contributed by atoms with van der Waals surface area (Å²) < 4.78 is 39.8. The van der Waals surface area contributed by atoms with Crippen LogP contribution in [-0.4, -0.2) is 12.3 Å². The van der Waals surface area contributed by atoms with E-state index in [4.69, 9.17) is 0 Å². The number of hydrogen-bond acceptors (Lipinski definition) is 2. The number of hydrogen-bond donors (Lipinski definition) is 1. The molecule has 0 aromatic heterocycles. The van der Waals surface area contributed by atoms with Crippen molar-refractivity contribution in [2.24, 2.45) is 0 Å². The minimum Gasteiger partial charge on any atom is -0.404 e. The summed E-state index contributed by atoms with van der Waals surface area (Å²) in [5.74, 6) is -0.883.